The molecule has 2 rings (SSSR count). The van der Waals surface area contributed by atoms with E-state index in [1.54, 1.807) is 25.1 Å². The average Bonchev–Trinajstić information content (AvgIpc) is 2.58. The van der Waals surface area contributed by atoms with Gasteiger partial charge in [0.1, 0.15) is 5.84 Å². The lowest BCUT2D eigenvalue weighted by atomic mass is 10.1. The number of nitrogens with one attached hydrogen (secondary N) is 1. The number of rotatable bonds is 4. The Labute approximate surface area is 119 Å². The predicted octanol–water partition coefficient (Wildman–Crippen LogP) is 0.0377. The SMILES string of the molecule is CN(C)CC(C)(O)CN=C1NS(=O)(=O)c2ccccc21. The van der Waals surface area contributed by atoms with Gasteiger partial charge in [0, 0.05) is 12.1 Å². The summed E-state index contributed by atoms with van der Waals surface area (Å²) >= 11 is 0. The molecule has 0 saturated heterocycles. The molecule has 110 valence electrons. The summed E-state index contributed by atoms with van der Waals surface area (Å²) in [5.41, 5.74) is -0.465. The van der Waals surface area contributed by atoms with Gasteiger partial charge in [-0.1, -0.05) is 12.1 Å². The Hall–Kier alpha value is -1.44. The summed E-state index contributed by atoms with van der Waals surface area (Å²) in [7, 11) is 0.194. The maximum absolute atomic E-state index is 11.9. The zero-order valence-electron chi connectivity index (χ0n) is 11.8. The van der Waals surface area contributed by atoms with Crippen molar-refractivity contribution >= 4 is 15.9 Å². The van der Waals surface area contributed by atoms with E-state index in [1.807, 2.05) is 19.0 Å². The highest BCUT2D eigenvalue weighted by Crippen LogP contribution is 2.22. The number of nitrogens with zero attached hydrogens (tertiary/aromatic N) is 2. The Morgan fingerprint density at radius 2 is 2.00 bits per heavy atom. The Bertz CT molecular complexity index is 636. The molecular formula is C13H19N3O3S. The fourth-order valence-corrected chi connectivity index (χ4v) is 3.48. The molecule has 7 heteroatoms. The second kappa shape index (κ2) is 5.16. The molecule has 1 unspecified atom stereocenters. The first kappa shape index (κ1) is 15.0. The molecule has 0 aliphatic carbocycles. The number of likely N-dealkylation sites (N-methyl/N-ethyl adjacent to an activating group) is 1. The summed E-state index contributed by atoms with van der Waals surface area (Å²) < 4.78 is 26.2. The molecule has 1 aliphatic heterocycles. The Morgan fingerprint density at radius 1 is 1.35 bits per heavy atom. The van der Waals surface area contributed by atoms with E-state index in [0.717, 1.165) is 0 Å². The maximum atomic E-state index is 11.9. The molecular weight excluding hydrogens is 278 g/mol. The molecule has 1 aliphatic rings. The third-order valence-electron chi connectivity index (χ3n) is 2.90. The van der Waals surface area contributed by atoms with Gasteiger partial charge in [-0.3, -0.25) is 9.71 Å². The van der Waals surface area contributed by atoms with Crippen molar-refractivity contribution in [1.82, 2.24) is 9.62 Å². The zero-order valence-corrected chi connectivity index (χ0v) is 12.6. The molecule has 1 heterocycles. The Balaban J connectivity index is 2.26. The van der Waals surface area contributed by atoms with Gasteiger partial charge >= 0.3 is 0 Å². The van der Waals surface area contributed by atoms with Crippen LogP contribution in [0.25, 0.3) is 0 Å². The Kier molecular flexibility index (Phi) is 3.86. The van der Waals surface area contributed by atoms with Crippen LogP contribution in [-0.4, -0.2) is 57.0 Å². The number of benzene rings is 1. The van der Waals surface area contributed by atoms with Gasteiger partial charge in [0.2, 0.25) is 0 Å². The van der Waals surface area contributed by atoms with Crippen LogP contribution in [0.2, 0.25) is 0 Å². The summed E-state index contributed by atoms with van der Waals surface area (Å²) in [6.07, 6.45) is 0. The lowest BCUT2D eigenvalue weighted by molar-refractivity contribution is 0.0425. The van der Waals surface area contributed by atoms with E-state index in [2.05, 4.69) is 9.71 Å². The normalized spacial score (nSPS) is 21.6. The van der Waals surface area contributed by atoms with Crippen LogP contribution in [0.15, 0.2) is 34.2 Å². The summed E-state index contributed by atoms with van der Waals surface area (Å²) in [4.78, 5) is 6.32. The van der Waals surface area contributed by atoms with Crippen LogP contribution in [0.1, 0.15) is 12.5 Å². The molecule has 1 aromatic carbocycles. The summed E-state index contributed by atoms with van der Waals surface area (Å²) in [5.74, 6) is 0.291. The van der Waals surface area contributed by atoms with Crippen molar-refractivity contribution in [1.29, 1.82) is 0 Å². The van der Waals surface area contributed by atoms with Crippen LogP contribution in [0, 0.1) is 0 Å². The number of amidine groups is 1. The van der Waals surface area contributed by atoms with Gasteiger partial charge in [0.05, 0.1) is 17.0 Å². The van der Waals surface area contributed by atoms with Crippen LogP contribution in [0.5, 0.6) is 0 Å². The molecule has 0 fully saturated rings. The van der Waals surface area contributed by atoms with Crippen molar-refractivity contribution in [2.24, 2.45) is 4.99 Å². The lowest BCUT2D eigenvalue weighted by Crippen LogP contribution is -2.40. The smallest absolute Gasteiger partial charge is 0.263 e. The minimum absolute atomic E-state index is 0.122. The van der Waals surface area contributed by atoms with E-state index in [0.29, 0.717) is 17.9 Å². The highest BCUT2D eigenvalue weighted by Gasteiger charge is 2.31. The number of aliphatic imine (C=N–C) groups is 1. The predicted molar refractivity (Wildman–Crippen MR) is 77.3 cm³/mol. The molecule has 1 aromatic rings. The first-order chi connectivity index (χ1) is 9.21. The second-order valence-corrected chi connectivity index (χ2v) is 7.15. The van der Waals surface area contributed by atoms with Crippen molar-refractivity contribution in [3.8, 4) is 0 Å². The minimum Gasteiger partial charge on any atom is -0.387 e. The highest BCUT2D eigenvalue weighted by molar-refractivity contribution is 7.90. The van der Waals surface area contributed by atoms with Gasteiger partial charge in [-0.05, 0) is 33.2 Å². The van der Waals surface area contributed by atoms with E-state index in [-0.39, 0.29) is 11.4 Å². The molecule has 0 aromatic heterocycles. The second-order valence-electron chi connectivity index (χ2n) is 5.50. The minimum atomic E-state index is -3.52. The maximum Gasteiger partial charge on any atom is 0.263 e. The van der Waals surface area contributed by atoms with E-state index >= 15 is 0 Å². The standard InChI is InChI=1S/C13H19N3O3S/c1-13(17,9-16(2)3)8-14-12-10-6-4-5-7-11(10)20(18,19)15-12/h4-7,17H,8-9H2,1-3H3,(H,14,15). The first-order valence-electron chi connectivity index (χ1n) is 6.25. The molecule has 1 atom stereocenters. The van der Waals surface area contributed by atoms with Crippen LogP contribution in [-0.2, 0) is 10.0 Å². The number of hydrogen-bond acceptors (Lipinski definition) is 5. The van der Waals surface area contributed by atoms with Gasteiger partial charge in [-0.25, -0.2) is 8.42 Å². The molecule has 0 saturated carbocycles. The zero-order chi connectivity index (χ0) is 15.0. The van der Waals surface area contributed by atoms with E-state index < -0.39 is 15.6 Å². The quantitative estimate of drug-likeness (QED) is 0.822. The number of hydrogen-bond donors (Lipinski definition) is 2. The molecule has 6 nitrogen and oxygen atoms in total. The molecule has 2 N–H and O–H groups in total. The van der Waals surface area contributed by atoms with E-state index in [9.17, 15) is 13.5 Å². The van der Waals surface area contributed by atoms with Crippen molar-refractivity contribution in [3.63, 3.8) is 0 Å². The van der Waals surface area contributed by atoms with Crippen LogP contribution in [0.3, 0.4) is 0 Å². The highest BCUT2D eigenvalue weighted by atomic mass is 32.2. The van der Waals surface area contributed by atoms with Gasteiger partial charge in [-0.2, -0.15) is 0 Å². The van der Waals surface area contributed by atoms with Gasteiger partial charge in [-0.15, -0.1) is 0 Å². The lowest BCUT2D eigenvalue weighted by Gasteiger charge is -2.25. The molecule has 0 amide bonds. The van der Waals surface area contributed by atoms with Crippen molar-refractivity contribution < 1.29 is 13.5 Å². The summed E-state index contributed by atoms with van der Waals surface area (Å²) in [5, 5.41) is 10.2. The van der Waals surface area contributed by atoms with Crippen LogP contribution in [0.4, 0.5) is 0 Å². The van der Waals surface area contributed by atoms with Crippen LogP contribution < -0.4 is 4.72 Å². The molecule has 0 bridgehead atoms. The summed E-state index contributed by atoms with van der Waals surface area (Å²) in [6, 6.07) is 6.67. The fourth-order valence-electron chi connectivity index (χ4n) is 2.23. The number of fused-ring (bicyclic) bond motifs is 1. The van der Waals surface area contributed by atoms with E-state index in [1.165, 1.54) is 6.07 Å². The monoisotopic (exact) mass is 297 g/mol. The van der Waals surface area contributed by atoms with E-state index in [4.69, 9.17) is 0 Å². The van der Waals surface area contributed by atoms with Gasteiger partial charge in [0.25, 0.3) is 10.0 Å². The largest absolute Gasteiger partial charge is 0.387 e. The van der Waals surface area contributed by atoms with Gasteiger partial charge in [0.15, 0.2) is 0 Å². The number of sulfonamides is 1. The first-order valence-corrected chi connectivity index (χ1v) is 7.73. The van der Waals surface area contributed by atoms with Crippen molar-refractivity contribution in [2.75, 3.05) is 27.2 Å². The molecule has 0 radical (unpaired) electrons. The van der Waals surface area contributed by atoms with Crippen molar-refractivity contribution in [2.45, 2.75) is 17.4 Å². The third kappa shape index (κ3) is 3.17. The van der Waals surface area contributed by atoms with Crippen LogP contribution >= 0.6 is 0 Å². The Morgan fingerprint density at radius 3 is 2.65 bits per heavy atom. The average molecular weight is 297 g/mol. The molecule has 0 spiro atoms. The summed E-state index contributed by atoms with van der Waals surface area (Å²) in [6.45, 7) is 2.24. The third-order valence-corrected chi connectivity index (χ3v) is 4.29. The topological polar surface area (TPSA) is 82.0 Å². The van der Waals surface area contributed by atoms with Gasteiger partial charge < -0.3 is 10.0 Å². The molecule has 20 heavy (non-hydrogen) atoms. The fraction of sp³-hybridized carbons (Fsp3) is 0.462. The van der Waals surface area contributed by atoms with Crippen molar-refractivity contribution in [3.05, 3.63) is 29.8 Å². The number of aliphatic hydroxyl groups is 1.